The highest BCUT2D eigenvalue weighted by Crippen LogP contribution is 2.40. The number of unbranched alkanes of at least 4 members (excludes halogenated alkanes) is 2. The molecule has 7 heteroatoms. The smallest absolute Gasteiger partial charge is 0.296 e. The van der Waals surface area contributed by atoms with Crippen LogP contribution in [0, 0.1) is 12.7 Å². The number of rotatable bonds is 9. The maximum Gasteiger partial charge on any atom is 0.296 e. The molecule has 1 amide bonds. The van der Waals surface area contributed by atoms with Crippen molar-refractivity contribution >= 4 is 17.4 Å². The van der Waals surface area contributed by atoms with Crippen LogP contribution in [0.5, 0.6) is 5.75 Å². The van der Waals surface area contributed by atoms with Gasteiger partial charge in [-0.3, -0.25) is 9.59 Å². The molecule has 0 aliphatic carbocycles. The lowest BCUT2D eigenvalue weighted by atomic mass is 9.95. The van der Waals surface area contributed by atoms with Gasteiger partial charge in [-0.25, -0.2) is 4.39 Å². The van der Waals surface area contributed by atoms with Gasteiger partial charge in [0.1, 0.15) is 23.1 Å². The molecular weight excluding hydrogens is 449 g/mol. The Hall–Kier alpha value is -3.87. The van der Waals surface area contributed by atoms with E-state index in [4.69, 9.17) is 9.15 Å². The van der Waals surface area contributed by atoms with Gasteiger partial charge >= 0.3 is 0 Å². The first-order chi connectivity index (χ1) is 16.9. The summed E-state index contributed by atoms with van der Waals surface area (Å²) in [4.78, 5) is 27.5. The molecule has 1 fully saturated rings. The largest absolute Gasteiger partial charge is 0.507 e. The molecule has 1 saturated heterocycles. The molecule has 1 aliphatic heterocycles. The van der Waals surface area contributed by atoms with Gasteiger partial charge in [0.2, 0.25) is 0 Å². The first-order valence-electron chi connectivity index (χ1n) is 11.7. The van der Waals surface area contributed by atoms with Gasteiger partial charge in [0.05, 0.1) is 31.0 Å². The van der Waals surface area contributed by atoms with Crippen molar-refractivity contribution in [2.75, 3.05) is 6.61 Å². The van der Waals surface area contributed by atoms with Crippen molar-refractivity contribution in [1.82, 2.24) is 4.90 Å². The molecule has 0 saturated carbocycles. The van der Waals surface area contributed by atoms with Gasteiger partial charge in [-0.1, -0.05) is 44.0 Å². The number of aliphatic hydroxyl groups is 1. The number of benzene rings is 2. The minimum atomic E-state index is -0.876. The average molecular weight is 478 g/mol. The fourth-order valence-electron chi connectivity index (χ4n) is 4.14. The van der Waals surface area contributed by atoms with E-state index in [-0.39, 0.29) is 17.7 Å². The Morgan fingerprint density at radius 2 is 1.89 bits per heavy atom. The standard InChI is InChI=1S/C28H28FNO5/c1-3-4-5-14-34-21-12-10-19(11-13-21)25-24(26(31)20-9-8-18(2)23(29)16-20)27(32)28(33)30(25)17-22-7-6-15-35-22/h6-13,15-16,25,31H,3-5,14,17H2,1-2H3. The van der Waals surface area contributed by atoms with Crippen LogP contribution in [0.2, 0.25) is 0 Å². The summed E-state index contributed by atoms with van der Waals surface area (Å²) in [6, 6.07) is 13.8. The minimum Gasteiger partial charge on any atom is -0.507 e. The van der Waals surface area contributed by atoms with Crippen molar-refractivity contribution in [3.05, 3.63) is 94.7 Å². The van der Waals surface area contributed by atoms with Crippen LogP contribution < -0.4 is 4.74 Å². The van der Waals surface area contributed by atoms with Crippen LogP contribution in [0.15, 0.2) is 70.9 Å². The lowest BCUT2D eigenvalue weighted by Crippen LogP contribution is -2.29. The second kappa shape index (κ2) is 10.6. The lowest BCUT2D eigenvalue weighted by molar-refractivity contribution is -0.140. The van der Waals surface area contributed by atoms with Crippen molar-refractivity contribution in [2.24, 2.45) is 0 Å². The van der Waals surface area contributed by atoms with Crippen LogP contribution >= 0.6 is 0 Å². The third-order valence-electron chi connectivity index (χ3n) is 6.10. The van der Waals surface area contributed by atoms with E-state index in [1.807, 2.05) is 0 Å². The van der Waals surface area contributed by atoms with Crippen LogP contribution in [-0.4, -0.2) is 28.3 Å². The Morgan fingerprint density at radius 1 is 1.11 bits per heavy atom. The molecule has 0 bridgehead atoms. The Kier molecular flexibility index (Phi) is 7.34. The first kappa shape index (κ1) is 24.3. The Bertz CT molecular complexity index is 1230. The summed E-state index contributed by atoms with van der Waals surface area (Å²) < 4.78 is 25.4. The fourth-order valence-corrected chi connectivity index (χ4v) is 4.14. The highest BCUT2D eigenvalue weighted by atomic mass is 19.1. The Labute approximate surface area is 203 Å². The van der Waals surface area contributed by atoms with Crippen molar-refractivity contribution in [3.63, 3.8) is 0 Å². The van der Waals surface area contributed by atoms with Crippen molar-refractivity contribution in [3.8, 4) is 5.75 Å². The summed E-state index contributed by atoms with van der Waals surface area (Å²) in [5.74, 6) is -1.36. The summed E-state index contributed by atoms with van der Waals surface area (Å²) >= 11 is 0. The predicted octanol–water partition coefficient (Wildman–Crippen LogP) is 5.92. The number of ketones is 1. The number of aryl methyl sites for hydroxylation is 1. The van der Waals surface area contributed by atoms with E-state index in [1.54, 1.807) is 43.3 Å². The molecule has 0 spiro atoms. The summed E-state index contributed by atoms with van der Waals surface area (Å²) in [5.41, 5.74) is 1.06. The topological polar surface area (TPSA) is 80.0 Å². The second-order valence-electron chi connectivity index (χ2n) is 8.59. The molecule has 2 heterocycles. The lowest BCUT2D eigenvalue weighted by Gasteiger charge is -2.24. The molecule has 2 aromatic carbocycles. The number of halogens is 1. The van der Waals surface area contributed by atoms with E-state index in [9.17, 15) is 19.1 Å². The quantitative estimate of drug-likeness (QED) is 0.179. The van der Waals surface area contributed by atoms with Gasteiger partial charge in [-0.2, -0.15) is 0 Å². The number of carbonyl (C=O) groups is 2. The van der Waals surface area contributed by atoms with Gasteiger partial charge in [-0.05, 0) is 54.8 Å². The number of hydrogen-bond acceptors (Lipinski definition) is 5. The van der Waals surface area contributed by atoms with Crippen molar-refractivity contribution in [2.45, 2.75) is 45.7 Å². The molecule has 1 atom stereocenters. The van der Waals surface area contributed by atoms with Crippen LogP contribution in [0.3, 0.4) is 0 Å². The maximum absolute atomic E-state index is 14.2. The van der Waals surface area contributed by atoms with Gasteiger partial charge in [-0.15, -0.1) is 0 Å². The third kappa shape index (κ3) is 5.14. The van der Waals surface area contributed by atoms with E-state index >= 15 is 0 Å². The predicted molar refractivity (Wildman–Crippen MR) is 129 cm³/mol. The molecule has 4 rings (SSSR count). The van der Waals surface area contributed by atoms with Crippen LogP contribution in [-0.2, 0) is 16.1 Å². The molecule has 3 aromatic rings. The molecule has 1 unspecified atom stereocenters. The number of nitrogens with zero attached hydrogens (tertiary/aromatic N) is 1. The molecular formula is C28H28FNO5. The fraction of sp³-hybridized carbons (Fsp3) is 0.286. The number of hydrogen-bond donors (Lipinski definition) is 1. The molecule has 182 valence electrons. The highest BCUT2D eigenvalue weighted by molar-refractivity contribution is 6.46. The van der Waals surface area contributed by atoms with E-state index < -0.39 is 29.3 Å². The van der Waals surface area contributed by atoms with E-state index in [0.717, 1.165) is 25.3 Å². The Balaban J connectivity index is 1.73. The average Bonchev–Trinajstić information content (AvgIpc) is 3.46. The number of aliphatic hydroxyl groups excluding tert-OH is 1. The van der Waals surface area contributed by atoms with E-state index in [2.05, 4.69) is 6.92 Å². The normalized spacial score (nSPS) is 17.2. The van der Waals surface area contributed by atoms with Crippen molar-refractivity contribution in [1.29, 1.82) is 0 Å². The zero-order valence-corrected chi connectivity index (χ0v) is 19.8. The van der Waals surface area contributed by atoms with Gasteiger partial charge in [0.25, 0.3) is 11.7 Å². The molecule has 0 radical (unpaired) electrons. The van der Waals surface area contributed by atoms with E-state index in [0.29, 0.717) is 29.2 Å². The molecule has 1 N–H and O–H groups in total. The minimum absolute atomic E-state index is 0.0382. The van der Waals surface area contributed by atoms with Crippen LogP contribution in [0.1, 0.15) is 54.7 Å². The SMILES string of the molecule is CCCCCOc1ccc(C2C(=C(O)c3ccc(C)c(F)c3)C(=O)C(=O)N2Cc2ccco2)cc1. The van der Waals surface area contributed by atoms with Crippen LogP contribution in [0.25, 0.3) is 5.76 Å². The number of carbonyl (C=O) groups excluding carboxylic acids is 2. The maximum atomic E-state index is 14.2. The summed E-state index contributed by atoms with van der Waals surface area (Å²) in [6.45, 7) is 4.37. The monoisotopic (exact) mass is 477 g/mol. The zero-order valence-electron chi connectivity index (χ0n) is 19.8. The molecule has 6 nitrogen and oxygen atoms in total. The summed E-state index contributed by atoms with van der Waals surface area (Å²) in [5, 5.41) is 11.1. The molecule has 1 aliphatic rings. The number of furan rings is 1. The zero-order chi connectivity index (χ0) is 24.9. The first-order valence-corrected chi connectivity index (χ1v) is 11.7. The van der Waals surface area contributed by atoms with E-state index in [1.165, 1.54) is 23.3 Å². The number of ether oxygens (including phenoxy) is 1. The summed E-state index contributed by atoms with van der Waals surface area (Å²) in [7, 11) is 0. The number of Topliss-reactive ketones (excluding diaryl/α,β-unsaturated/α-hetero) is 1. The van der Waals surface area contributed by atoms with Gasteiger partial charge < -0.3 is 19.2 Å². The van der Waals surface area contributed by atoms with Crippen molar-refractivity contribution < 1.29 is 28.2 Å². The van der Waals surface area contributed by atoms with Crippen LogP contribution in [0.4, 0.5) is 4.39 Å². The summed E-state index contributed by atoms with van der Waals surface area (Å²) in [6.07, 6.45) is 4.62. The van der Waals surface area contributed by atoms with Gasteiger partial charge in [0.15, 0.2) is 0 Å². The Morgan fingerprint density at radius 3 is 2.54 bits per heavy atom. The number of likely N-dealkylation sites (tertiary alicyclic amines) is 1. The second-order valence-corrected chi connectivity index (χ2v) is 8.59. The molecule has 1 aromatic heterocycles. The highest BCUT2D eigenvalue weighted by Gasteiger charge is 2.46. The van der Waals surface area contributed by atoms with Gasteiger partial charge in [0, 0.05) is 5.56 Å². The molecule has 35 heavy (non-hydrogen) atoms. The number of amides is 1. The third-order valence-corrected chi connectivity index (χ3v) is 6.10.